The molecule has 0 saturated heterocycles. The Balaban J connectivity index is 1.88. The summed E-state index contributed by atoms with van der Waals surface area (Å²) >= 11 is 3.86. The normalized spacial score (nSPS) is 27.1. The fraction of sp³-hybridized carbons (Fsp3) is 0.750. The number of nitrogens with one attached hydrogen (secondary N) is 1. The first-order valence-electron chi connectivity index (χ1n) is 6.07. The van der Waals surface area contributed by atoms with Gasteiger partial charge in [0.25, 0.3) is 0 Å². The van der Waals surface area contributed by atoms with Crippen molar-refractivity contribution in [1.29, 1.82) is 0 Å². The second-order valence-corrected chi connectivity index (χ2v) is 6.76. The average molecular weight is 256 g/mol. The third-order valence-corrected chi connectivity index (χ3v) is 5.46. The van der Waals surface area contributed by atoms with Crippen LogP contribution in [0, 0.1) is 0 Å². The molecule has 1 aromatic heterocycles. The molecule has 1 aliphatic carbocycles. The van der Waals surface area contributed by atoms with E-state index in [0.717, 1.165) is 5.25 Å². The molecule has 1 N–H and O–H groups in total. The van der Waals surface area contributed by atoms with Gasteiger partial charge in [0.05, 0.1) is 5.51 Å². The van der Waals surface area contributed by atoms with Crippen LogP contribution < -0.4 is 5.32 Å². The van der Waals surface area contributed by atoms with Crippen LogP contribution in [0.4, 0.5) is 0 Å². The average Bonchev–Trinajstić information content (AvgIpc) is 2.90. The van der Waals surface area contributed by atoms with Crippen molar-refractivity contribution < 1.29 is 0 Å². The molecule has 0 bridgehead atoms. The van der Waals surface area contributed by atoms with Crippen LogP contribution in [0.15, 0.2) is 11.7 Å². The molecule has 1 fully saturated rings. The van der Waals surface area contributed by atoms with E-state index in [1.54, 1.807) is 11.3 Å². The third-order valence-electron chi connectivity index (χ3n) is 3.18. The maximum absolute atomic E-state index is 4.15. The molecular formula is C12H20N2S2. The molecule has 90 valence electrons. The van der Waals surface area contributed by atoms with Gasteiger partial charge in [0, 0.05) is 28.4 Å². The van der Waals surface area contributed by atoms with E-state index in [-0.39, 0.29) is 0 Å². The molecule has 1 heterocycles. The lowest BCUT2D eigenvalue weighted by Crippen LogP contribution is -2.35. The van der Waals surface area contributed by atoms with Crippen molar-refractivity contribution in [3.63, 3.8) is 0 Å². The summed E-state index contributed by atoms with van der Waals surface area (Å²) in [4.78, 5) is 5.50. The van der Waals surface area contributed by atoms with Gasteiger partial charge in [-0.1, -0.05) is 13.3 Å². The van der Waals surface area contributed by atoms with E-state index in [2.05, 4.69) is 35.9 Å². The quantitative estimate of drug-likeness (QED) is 0.873. The molecule has 0 amide bonds. The highest BCUT2D eigenvalue weighted by Gasteiger charge is 2.28. The second-order valence-electron chi connectivity index (χ2n) is 4.32. The van der Waals surface area contributed by atoms with Gasteiger partial charge in [-0.15, -0.1) is 11.3 Å². The highest BCUT2D eigenvalue weighted by molar-refractivity contribution is 7.99. The summed E-state index contributed by atoms with van der Waals surface area (Å²) in [5, 5.41) is 4.59. The standard InChI is InChI=1S/C12H20N2S2/c1-3-15-11-6-4-5-10(11)14-9(2)12-7-13-8-16-12/h7-11,14H,3-6H2,1-2H3. The lowest BCUT2D eigenvalue weighted by atomic mass is 10.2. The number of hydrogen-bond acceptors (Lipinski definition) is 4. The molecular weight excluding hydrogens is 236 g/mol. The molecule has 1 aliphatic rings. The van der Waals surface area contributed by atoms with Crippen molar-refractivity contribution in [3.05, 3.63) is 16.6 Å². The van der Waals surface area contributed by atoms with Gasteiger partial charge in [-0.2, -0.15) is 11.8 Å². The molecule has 16 heavy (non-hydrogen) atoms. The summed E-state index contributed by atoms with van der Waals surface area (Å²) in [6.07, 6.45) is 6.08. The van der Waals surface area contributed by atoms with E-state index >= 15 is 0 Å². The van der Waals surface area contributed by atoms with Gasteiger partial charge in [-0.25, -0.2) is 0 Å². The van der Waals surface area contributed by atoms with Crippen molar-refractivity contribution in [2.45, 2.75) is 50.4 Å². The van der Waals surface area contributed by atoms with Gasteiger partial charge in [0.2, 0.25) is 0 Å². The minimum absolute atomic E-state index is 0.454. The second kappa shape index (κ2) is 6.03. The van der Waals surface area contributed by atoms with E-state index in [1.165, 1.54) is 29.9 Å². The van der Waals surface area contributed by atoms with Crippen LogP contribution >= 0.6 is 23.1 Å². The Kier molecular flexibility index (Phi) is 4.67. The minimum Gasteiger partial charge on any atom is -0.306 e. The Morgan fingerprint density at radius 3 is 3.19 bits per heavy atom. The topological polar surface area (TPSA) is 24.9 Å². The number of aromatic nitrogens is 1. The monoisotopic (exact) mass is 256 g/mol. The smallest absolute Gasteiger partial charge is 0.0794 e. The summed E-state index contributed by atoms with van der Waals surface area (Å²) in [7, 11) is 0. The SMILES string of the molecule is CCSC1CCCC1NC(C)c1cncs1. The molecule has 3 atom stereocenters. The molecule has 0 spiro atoms. The molecule has 4 heteroatoms. The van der Waals surface area contributed by atoms with Crippen LogP contribution in [-0.4, -0.2) is 22.0 Å². The summed E-state index contributed by atoms with van der Waals surface area (Å²) in [6, 6.07) is 1.15. The number of nitrogens with zero attached hydrogens (tertiary/aromatic N) is 1. The summed E-state index contributed by atoms with van der Waals surface area (Å²) < 4.78 is 0. The molecule has 0 aliphatic heterocycles. The Labute approximate surface area is 106 Å². The Bertz CT molecular complexity index is 300. The number of hydrogen-bond donors (Lipinski definition) is 1. The highest BCUT2D eigenvalue weighted by Crippen LogP contribution is 2.31. The van der Waals surface area contributed by atoms with Crippen LogP contribution in [-0.2, 0) is 0 Å². The van der Waals surface area contributed by atoms with Crippen molar-refractivity contribution in [2.24, 2.45) is 0 Å². The minimum atomic E-state index is 0.454. The van der Waals surface area contributed by atoms with Crippen LogP contribution in [0.3, 0.4) is 0 Å². The van der Waals surface area contributed by atoms with E-state index in [1.807, 2.05) is 11.7 Å². The Hall–Kier alpha value is -0.0600. The summed E-state index contributed by atoms with van der Waals surface area (Å²) in [5.74, 6) is 1.23. The van der Waals surface area contributed by atoms with E-state index < -0.39 is 0 Å². The van der Waals surface area contributed by atoms with Gasteiger partial charge in [-0.3, -0.25) is 4.98 Å². The third kappa shape index (κ3) is 2.99. The Morgan fingerprint density at radius 1 is 1.62 bits per heavy atom. The van der Waals surface area contributed by atoms with Crippen molar-refractivity contribution in [2.75, 3.05) is 5.75 Å². The largest absolute Gasteiger partial charge is 0.306 e. The zero-order valence-electron chi connectivity index (χ0n) is 9.98. The lowest BCUT2D eigenvalue weighted by molar-refractivity contribution is 0.471. The van der Waals surface area contributed by atoms with E-state index in [9.17, 15) is 0 Å². The number of thioether (sulfide) groups is 1. The molecule has 2 rings (SSSR count). The first-order valence-corrected chi connectivity index (χ1v) is 8.00. The molecule has 1 aromatic rings. The van der Waals surface area contributed by atoms with Crippen LogP contribution in [0.1, 0.15) is 44.0 Å². The van der Waals surface area contributed by atoms with Gasteiger partial charge in [0.15, 0.2) is 0 Å². The van der Waals surface area contributed by atoms with Crippen LogP contribution in [0.2, 0.25) is 0 Å². The number of rotatable bonds is 5. The zero-order valence-corrected chi connectivity index (χ0v) is 11.6. The molecule has 0 radical (unpaired) electrons. The molecule has 0 aromatic carbocycles. The van der Waals surface area contributed by atoms with Crippen LogP contribution in [0.5, 0.6) is 0 Å². The Morgan fingerprint density at radius 2 is 2.50 bits per heavy atom. The van der Waals surface area contributed by atoms with Gasteiger partial charge < -0.3 is 5.32 Å². The van der Waals surface area contributed by atoms with Crippen LogP contribution in [0.25, 0.3) is 0 Å². The molecule has 3 unspecified atom stereocenters. The summed E-state index contributed by atoms with van der Waals surface area (Å²) in [5.41, 5.74) is 1.92. The van der Waals surface area contributed by atoms with Gasteiger partial charge >= 0.3 is 0 Å². The fourth-order valence-electron chi connectivity index (χ4n) is 2.37. The first-order chi connectivity index (χ1) is 7.81. The first kappa shape index (κ1) is 12.4. The zero-order chi connectivity index (χ0) is 11.4. The maximum atomic E-state index is 4.15. The highest BCUT2D eigenvalue weighted by atomic mass is 32.2. The summed E-state index contributed by atoms with van der Waals surface area (Å²) in [6.45, 7) is 4.51. The van der Waals surface area contributed by atoms with E-state index in [0.29, 0.717) is 12.1 Å². The van der Waals surface area contributed by atoms with Crippen molar-refractivity contribution in [3.8, 4) is 0 Å². The predicted molar refractivity (Wildman–Crippen MR) is 73.2 cm³/mol. The van der Waals surface area contributed by atoms with Gasteiger partial charge in [-0.05, 0) is 25.5 Å². The lowest BCUT2D eigenvalue weighted by Gasteiger charge is -2.23. The van der Waals surface area contributed by atoms with Crippen molar-refractivity contribution >= 4 is 23.1 Å². The predicted octanol–water partition coefficient (Wildman–Crippen LogP) is 3.47. The van der Waals surface area contributed by atoms with Crippen molar-refractivity contribution in [1.82, 2.24) is 10.3 Å². The van der Waals surface area contributed by atoms with Gasteiger partial charge in [0.1, 0.15) is 0 Å². The molecule has 2 nitrogen and oxygen atoms in total. The number of thiazole rings is 1. The van der Waals surface area contributed by atoms with E-state index in [4.69, 9.17) is 0 Å². The fourth-order valence-corrected chi connectivity index (χ4v) is 4.22. The molecule has 1 saturated carbocycles. The maximum Gasteiger partial charge on any atom is 0.0794 e.